The molecule has 1 atom stereocenters. The second kappa shape index (κ2) is 4.35. The summed E-state index contributed by atoms with van der Waals surface area (Å²) in [7, 11) is 0. The minimum absolute atomic E-state index is 0.486. The Morgan fingerprint density at radius 3 is 3.00 bits per heavy atom. The van der Waals surface area contributed by atoms with Gasteiger partial charge in [0.25, 0.3) is 0 Å². The number of rotatable bonds is 3. The van der Waals surface area contributed by atoms with Gasteiger partial charge in [0.2, 0.25) is 0 Å². The molecule has 3 nitrogen and oxygen atoms in total. The third-order valence-corrected chi connectivity index (χ3v) is 3.15. The normalized spacial score (nSPS) is 13.3. The lowest BCUT2D eigenvalue weighted by molar-refractivity contribution is 0.171. The predicted octanol–water partition coefficient (Wildman–Crippen LogP) is 2.31. The van der Waals surface area contributed by atoms with Gasteiger partial charge in [-0.15, -0.1) is 0 Å². The van der Waals surface area contributed by atoms with E-state index in [1.54, 1.807) is 0 Å². The average Bonchev–Trinajstić information content (AvgIpc) is 2.61. The van der Waals surface area contributed by atoms with Crippen LogP contribution in [-0.2, 0) is 0 Å². The maximum Gasteiger partial charge on any atom is 0.0822 e. The Hall–Kier alpha value is -0.840. The molecule has 80 valence electrons. The van der Waals surface area contributed by atoms with Crippen LogP contribution in [0.2, 0.25) is 0 Å². The van der Waals surface area contributed by atoms with E-state index in [4.69, 9.17) is 5.73 Å². The number of fused-ring (bicyclic) bond motifs is 1. The molecule has 15 heavy (non-hydrogen) atoms. The minimum Gasteiger partial charge on any atom is -0.388 e. The minimum atomic E-state index is -0.496. The third kappa shape index (κ3) is 1.93. The highest BCUT2D eigenvalue weighted by Gasteiger charge is 2.12. The number of nitrogens with one attached hydrogen (secondary N) is 1. The molecule has 1 unspecified atom stereocenters. The van der Waals surface area contributed by atoms with Crippen LogP contribution >= 0.6 is 15.9 Å². The van der Waals surface area contributed by atoms with E-state index in [1.165, 1.54) is 0 Å². The lowest BCUT2D eigenvalue weighted by atomic mass is 10.0. The van der Waals surface area contributed by atoms with Gasteiger partial charge in [-0.3, -0.25) is 0 Å². The van der Waals surface area contributed by atoms with Gasteiger partial charge in [-0.2, -0.15) is 0 Å². The predicted molar refractivity (Wildman–Crippen MR) is 64.6 cm³/mol. The Labute approximate surface area is 96.4 Å². The number of nitrogens with two attached hydrogens (primary N) is 1. The summed E-state index contributed by atoms with van der Waals surface area (Å²) < 4.78 is 1.01. The molecule has 4 N–H and O–H groups in total. The van der Waals surface area contributed by atoms with Crippen molar-refractivity contribution >= 4 is 26.8 Å². The van der Waals surface area contributed by atoms with Crippen molar-refractivity contribution < 1.29 is 5.11 Å². The lowest BCUT2D eigenvalue weighted by Crippen LogP contribution is -2.07. The molecule has 0 aliphatic rings. The lowest BCUT2D eigenvalue weighted by Gasteiger charge is -2.10. The van der Waals surface area contributed by atoms with Crippen LogP contribution in [0.15, 0.2) is 28.9 Å². The van der Waals surface area contributed by atoms with Gasteiger partial charge in [0.1, 0.15) is 0 Å². The number of benzene rings is 1. The number of aromatic nitrogens is 1. The molecule has 0 aliphatic carbocycles. The van der Waals surface area contributed by atoms with E-state index in [9.17, 15) is 5.11 Å². The first-order chi connectivity index (χ1) is 7.24. The van der Waals surface area contributed by atoms with E-state index in [1.807, 2.05) is 24.4 Å². The van der Waals surface area contributed by atoms with Crippen molar-refractivity contribution in [1.82, 2.24) is 4.98 Å². The standard InChI is InChI=1S/C11H13BrN2O/c12-9-6-14-11-7(9)2-1-3-8(11)10(15)4-5-13/h1-3,6,10,14-15H,4-5,13H2. The second-order valence-electron chi connectivity index (χ2n) is 3.50. The monoisotopic (exact) mass is 268 g/mol. The van der Waals surface area contributed by atoms with Crippen molar-refractivity contribution in [1.29, 1.82) is 0 Å². The smallest absolute Gasteiger partial charge is 0.0822 e. The number of halogens is 1. The molecule has 1 heterocycles. The van der Waals surface area contributed by atoms with Crippen LogP contribution in [0, 0.1) is 0 Å². The zero-order chi connectivity index (χ0) is 10.8. The number of aromatic amines is 1. The molecule has 0 spiro atoms. The van der Waals surface area contributed by atoms with Crippen molar-refractivity contribution in [3.63, 3.8) is 0 Å². The molecule has 0 aliphatic heterocycles. The quantitative estimate of drug-likeness (QED) is 0.800. The fraction of sp³-hybridized carbons (Fsp3) is 0.273. The van der Waals surface area contributed by atoms with E-state index in [2.05, 4.69) is 20.9 Å². The average molecular weight is 269 g/mol. The van der Waals surface area contributed by atoms with Gasteiger partial charge in [-0.1, -0.05) is 18.2 Å². The fourth-order valence-corrected chi connectivity index (χ4v) is 2.18. The largest absolute Gasteiger partial charge is 0.388 e. The van der Waals surface area contributed by atoms with Crippen molar-refractivity contribution in [2.45, 2.75) is 12.5 Å². The number of H-pyrrole nitrogens is 1. The molecule has 2 rings (SSSR count). The first-order valence-corrected chi connectivity index (χ1v) is 5.67. The van der Waals surface area contributed by atoms with Crippen LogP contribution in [0.25, 0.3) is 10.9 Å². The summed E-state index contributed by atoms with van der Waals surface area (Å²) in [5.74, 6) is 0. The summed E-state index contributed by atoms with van der Waals surface area (Å²) in [4.78, 5) is 3.15. The van der Waals surface area contributed by atoms with Gasteiger partial charge in [0, 0.05) is 21.6 Å². The summed E-state index contributed by atoms with van der Waals surface area (Å²) >= 11 is 3.45. The maximum absolute atomic E-state index is 9.91. The third-order valence-electron chi connectivity index (χ3n) is 2.50. The summed E-state index contributed by atoms with van der Waals surface area (Å²) in [6.45, 7) is 0.486. The molecule has 0 saturated carbocycles. The van der Waals surface area contributed by atoms with E-state index in [0.29, 0.717) is 13.0 Å². The number of hydrogen-bond acceptors (Lipinski definition) is 2. The summed E-state index contributed by atoms with van der Waals surface area (Å²) in [6, 6.07) is 5.87. The highest BCUT2D eigenvalue weighted by atomic mass is 79.9. The highest BCUT2D eigenvalue weighted by molar-refractivity contribution is 9.10. The Kier molecular flexibility index (Phi) is 3.09. The van der Waals surface area contributed by atoms with Gasteiger partial charge in [0.05, 0.1) is 11.6 Å². The zero-order valence-corrected chi connectivity index (χ0v) is 9.79. The molecule has 0 radical (unpaired) electrons. The van der Waals surface area contributed by atoms with Crippen molar-refractivity contribution in [3.05, 3.63) is 34.4 Å². The Bertz CT molecular complexity index is 467. The van der Waals surface area contributed by atoms with Gasteiger partial charge in [-0.25, -0.2) is 0 Å². The van der Waals surface area contributed by atoms with E-state index in [-0.39, 0.29) is 0 Å². The van der Waals surface area contributed by atoms with Gasteiger partial charge >= 0.3 is 0 Å². The van der Waals surface area contributed by atoms with E-state index >= 15 is 0 Å². The van der Waals surface area contributed by atoms with E-state index < -0.39 is 6.10 Å². The van der Waals surface area contributed by atoms with E-state index in [0.717, 1.165) is 20.9 Å². The maximum atomic E-state index is 9.91. The molecule has 0 amide bonds. The fourth-order valence-electron chi connectivity index (χ4n) is 1.73. The summed E-state index contributed by atoms with van der Waals surface area (Å²) in [5, 5.41) is 11.0. The molecule has 0 bridgehead atoms. The SMILES string of the molecule is NCCC(O)c1cccc2c(Br)c[nH]c12. The summed E-state index contributed by atoms with van der Waals surface area (Å²) in [6.07, 6.45) is 1.96. The first-order valence-electron chi connectivity index (χ1n) is 4.87. The van der Waals surface area contributed by atoms with Crippen LogP contribution in [0.4, 0.5) is 0 Å². The number of aliphatic hydroxyl groups is 1. The van der Waals surface area contributed by atoms with Crippen LogP contribution < -0.4 is 5.73 Å². The molecule has 2 aromatic rings. The van der Waals surface area contributed by atoms with Gasteiger partial charge in [0.15, 0.2) is 0 Å². The topological polar surface area (TPSA) is 62.0 Å². The van der Waals surface area contributed by atoms with Gasteiger partial charge in [-0.05, 0) is 28.9 Å². The van der Waals surface area contributed by atoms with Crippen molar-refractivity contribution in [3.8, 4) is 0 Å². The molecule has 1 aromatic heterocycles. The molecule has 0 fully saturated rings. The zero-order valence-electron chi connectivity index (χ0n) is 8.20. The molecule has 0 saturated heterocycles. The molecular weight excluding hydrogens is 256 g/mol. The van der Waals surface area contributed by atoms with Crippen LogP contribution in [0.1, 0.15) is 18.1 Å². The Balaban J connectivity index is 2.51. The second-order valence-corrected chi connectivity index (χ2v) is 4.35. The number of hydrogen-bond donors (Lipinski definition) is 3. The highest BCUT2D eigenvalue weighted by Crippen LogP contribution is 2.29. The molecule has 4 heteroatoms. The number of para-hydroxylation sites is 1. The van der Waals surface area contributed by atoms with Crippen LogP contribution in [0.5, 0.6) is 0 Å². The Morgan fingerprint density at radius 2 is 2.27 bits per heavy atom. The van der Waals surface area contributed by atoms with Crippen LogP contribution in [0.3, 0.4) is 0 Å². The molecule has 1 aromatic carbocycles. The van der Waals surface area contributed by atoms with Crippen LogP contribution in [-0.4, -0.2) is 16.6 Å². The van der Waals surface area contributed by atoms with Crippen molar-refractivity contribution in [2.75, 3.05) is 6.54 Å². The number of aliphatic hydroxyl groups excluding tert-OH is 1. The summed E-state index contributed by atoms with van der Waals surface area (Å²) in [5.41, 5.74) is 7.32. The molecular formula is C11H13BrN2O. The Morgan fingerprint density at radius 1 is 1.47 bits per heavy atom. The first kappa shape index (κ1) is 10.7. The van der Waals surface area contributed by atoms with Gasteiger partial charge < -0.3 is 15.8 Å². The van der Waals surface area contributed by atoms with Crippen molar-refractivity contribution in [2.24, 2.45) is 5.73 Å².